The van der Waals surface area contributed by atoms with Crippen LogP contribution in [-0.4, -0.2) is 23.9 Å². The molecule has 0 aliphatic heterocycles. The molecule has 0 aliphatic carbocycles. The minimum atomic E-state index is -4.63. The van der Waals surface area contributed by atoms with Gasteiger partial charge in [0.2, 0.25) is 0 Å². The van der Waals surface area contributed by atoms with E-state index in [0.717, 1.165) is 6.07 Å². The number of rotatable bonds is 5. The van der Waals surface area contributed by atoms with E-state index in [9.17, 15) is 22.8 Å². The van der Waals surface area contributed by atoms with Crippen LogP contribution in [-0.2, 0) is 19.3 Å². The van der Waals surface area contributed by atoms with Gasteiger partial charge in [-0.1, -0.05) is 41.4 Å². The molecule has 12 heteroatoms. The van der Waals surface area contributed by atoms with E-state index in [-0.39, 0.29) is 29.9 Å². The molecule has 1 aromatic carbocycles. The zero-order chi connectivity index (χ0) is 27.2. The quantitative estimate of drug-likeness (QED) is 0.286. The average molecular weight is 560 g/mol. The molecule has 0 amide bonds. The molecule has 7 nitrogen and oxygen atoms in total. The van der Waals surface area contributed by atoms with Gasteiger partial charge in [-0.3, -0.25) is 14.3 Å². The van der Waals surface area contributed by atoms with Crippen LogP contribution < -0.4 is 11.1 Å². The molecule has 194 valence electrons. The number of alkyl halides is 3. The van der Waals surface area contributed by atoms with Crippen molar-refractivity contribution in [3.8, 4) is 5.82 Å². The Balaban J connectivity index is 1.74. The van der Waals surface area contributed by atoms with Gasteiger partial charge < -0.3 is 4.57 Å². The normalized spacial score (nSPS) is 11.8. The van der Waals surface area contributed by atoms with Crippen molar-refractivity contribution in [2.24, 2.45) is 0 Å². The van der Waals surface area contributed by atoms with Crippen LogP contribution in [0.5, 0.6) is 0 Å². The molecule has 0 radical (unpaired) electrons. The second-order valence-electron chi connectivity index (χ2n) is 8.49. The Bertz CT molecular complexity index is 1770. The molecule has 0 bridgehead atoms. The maximum atomic E-state index is 13.8. The van der Waals surface area contributed by atoms with Crippen LogP contribution in [0, 0.1) is 6.92 Å². The Morgan fingerprint density at radius 1 is 0.921 bits per heavy atom. The zero-order valence-electron chi connectivity index (χ0n) is 19.7. The number of aromatic nitrogens is 5. The fraction of sp³-hybridized carbons (Fsp3) is 0.154. The monoisotopic (exact) mass is 559 g/mol. The van der Waals surface area contributed by atoms with Crippen molar-refractivity contribution in [1.82, 2.24) is 23.9 Å². The van der Waals surface area contributed by atoms with Crippen molar-refractivity contribution in [3.63, 3.8) is 0 Å². The van der Waals surface area contributed by atoms with Crippen molar-refractivity contribution in [1.29, 1.82) is 0 Å². The summed E-state index contributed by atoms with van der Waals surface area (Å²) in [5, 5.41) is 0.950. The predicted octanol–water partition coefficient (Wildman–Crippen LogP) is 5.47. The van der Waals surface area contributed by atoms with Crippen LogP contribution in [0.1, 0.15) is 22.6 Å². The summed E-state index contributed by atoms with van der Waals surface area (Å²) in [6, 6.07) is 14.8. The van der Waals surface area contributed by atoms with Gasteiger partial charge >= 0.3 is 6.18 Å². The van der Waals surface area contributed by atoms with Crippen LogP contribution in [0.2, 0.25) is 10.0 Å². The standard InChI is InChI=1S/C26H18Cl2F3N5O2/c1-15-24-20(12-23(37)34(15)13-16-6-4-9-21(33-16)26(29,30)31)35(14-17-18(27)7-5-8-19(17)28)36(25(24)38)22-10-2-3-11-32-22/h2-12H,13-14H2,1H3. The first-order valence-electron chi connectivity index (χ1n) is 11.3. The third kappa shape index (κ3) is 4.61. The van der Waals surface area contributed by atoms with Gasteiger partial charge in [-0.15, -0.1) is 0 Å². The smallest absolute Gasteiger partial charge is 0.306 e. The van der Waals surface area contributed by atoms with E-state index in [0.29, 0.717) is 26.9 Å². The summed E-state index contributed by atoms with van der Waals surface area (Å²) in [7, 11) is 0. The Labute approximate surface area is 223 Å². The van der Waals surface area contributed by atoms with Gasteiger partial charge in [-0.25, -0.2) is 9.97 Å². The van der Waals surface area contributed by atoms with Crippen LogP contribution >= 0.6 is 23.2 Å². The summed E-state index contributed by atoms with van der Waals surface area (Å²) in [5.74, 6) is 0.301. The largest absolute Gasteiger partial charge is 0.433 e. The van der Waals surface area contributed by atoms with E-state index in [2.05, 4.69) is 9.97 Å². The van der Waals surface area contributed by atoms with Crippen molar-refractivity contribution >= 4 is 34.1 Å². The maximum absolute atomic E-state index is 13.8. The molecule has 38 heavy (non-hydrogen) atoms. The van der Waals surface area contributed by atoms with Gasteiger partial charge in [0, 0.05) is 33.6 Å². The van der Waals surface area contributed by atoms with E-state index < -0.39 is 23.0 Å². The Morgan fingerprint density at radius 3 is 2.29 bits per heavy atom. The maximum Gasteiger partial charge on any atom is 0.433 e. The number of nitrogens with zero attached hydrogens (tertiary/aromatic N) is 5. The molecule has 5 rings (SSSR count). The van der Waals surface area contributed by atoms with Crippen molar-refractivity contribution in [3.05, 3.63) is 120 Å². The summed E-state index contributed by atoms with van der Waals surface area (Å²) in [5.41, 5.74) is -0.930. The second kappa shape index (κ2) is 9.77. The number of hydrogen-bond acceptors (Lipinski definition) is 4. The Hall–Kier alpha value is -3.89. The molecule has 0 aliphatic rings. The lowest BCUT2D eigenvalue weighted by Crippen LogP contribution is -2.24. The van der Waals surface area contributed by atoms with Crippen molar-refractivity contribution in [2.45, 2.75) is 26.2 Å². The number of halogens is 5. The third-order valence-electron chi connectivity index (χ3n) is 6.13. The van der Waals surface area contributed by atoms with Gasteiger partial charge in [-0.2, -0.15) is 17.9 Å². The van der Waals surface area contributed by atoms with Crippen molar-refractivity contribution in [2.75, 3.05) is 0 Å². The molecule has 0 unspecified atom stereocenters. The lowest BCUT2D eigenvalue weighted by Gasteiger charge is -2.15. The van der Waals surface area contributed by atoms with E-state index >= 15 is 0 Å². The molecule has 0 spiro atoms. The first-order valence-corrected chi connectivity index (χ1v) is 12.0. The van der Waals surface area contributed by atoms with Crippen LogP contribution in [0.15, 0.2) is 76.4 Å². The highest BCUT2D eigenvalue weighted by Crippen LogP contribution is 2.29. The van der Waals surface area contributed by atoms with E-state index in [1.54, 1.807) is 48.0 Å². The third-order valence-corrected chi connectivity index (χ3v) is 6.84. The lowest BCUT2D eigenvalue weighted by atomic mass is 10.2. The molecule has 0 saturated carbocycles. The van der Waals surface area contributed by atoms with Gasteiger partial charge in [0.25, 0.3) is 11.1 Å². The van der Waals surface area contributed by atoms with Gasteiger partial charge in [-0.05, 0) is 43.3 Å². The molecule has 4 heterocycles. The van der Waals surface area contributed by atoms with Gasteiger partial charge in [0.05, 0.1) is 29.7 Å². The molecular weight excluding hydrogens is 542 g/mol. The topological polar surface area (TPSA) is 74.7 Å². The summed E-state index contributed by atoms with van der Waals surface area (Å²) >= 11 is 12.8. The number of hydrogen-bond donors (Lipinski definition) is 0. The molecule has 0 saturated heterocycles. The van der Waals surface area contributed by atoms with Crippen LogP contribution in [0.3, 0.4) is 0 Å². The highest BCUT2D eigenvalue weighted by Gasteiger charge is 2.32. The lowest BCUT2D eigenvalue weighted by molar-refractivity contribution is -0.141. The van der Waals surface area contributed by atoms with Crippen LogP contribution in [0.25, 0.3) is 16.7 Å². The first-order chi connectivity index (χ1) is 18.1. The summed E-state index contributed by atoms with van der Waals surface area (Å²) < 4.78 is 43.6. The van der Waals surface area contributed by atoms with Gasteiger partial charge in [0.1, 0.15) is 5.69 Å². The summed E-state index contributed by atoms with van der Waals surface area (Å²) in [6.45, 7) is 1.36. The fourth-order valence-electron chi connectivity index (χ4n) is 4.32. The average Bonchev–Trinajstić information content (AvgIpc) is 3.15. The van der Waals surface area contributed by atoms with Crippen LogP contribution in [0.4, 0.5) is 13.2 Å². The fourth-order valence-corrected chi connectivity index (χ4v) is 4.84. The Morgan fingerprint density at radius 2 is 1.63 bits per heavy atom. The number of aryl methyl sites for hydroxylation is 1. The van der Waals surface area contributed by atoms with E-state index in [1.807, 2.05) is 0 Å². The van der Waals surface area contributed by atoms with Gasteiger partial charge in [0.15, 0.2) is 5.82 Å². The summed E-state index contributed by atoms with van der Waals surface area (Å²) in [4.78, 5) is 35.0. The number of benzene rings is 1. The molecule has 4 aromatic heterocycles. The second-order valence-corrected chi connectivity index (χ2v) is 9.30. The number of fused-ring (bicyclic) bond motifs is 1. The molecular formula is C26H18Cl2F3N5O2. The minimum absolute atomic E-state index is 0.0247. The predicted molar refractivity (Wildman–Crippen MR) is 138 cm³/mol. The molecule has 0 atom stereocenters. The Kier molecular flexibility index (Phi) is 6.62. The molecule has 5 aromatic rings. The highest BCUT2D eigenvalue weighted by molar-refractivity contribution is 6.36. The zero-order valence-corrected chi connectivity index (χ0v) is 21.2. The van der Waals surface area contributed by atoms with E-state index in [4.69, 9.17) is 23.2 Å². The SMILES string of the molecule is Cc1c2c(=O)n(-c3ccccn3)n(Cc3c(Cl)cccc3Cl)c2cc(=O)n1Cc1cccc(C(F)(F)F)n1. The first kappa shape index (κ1) is 25.7. The summed E-state index contributed by atoms with van der Waals surface area (Å²) in [6.07, 6.45) is -3.11. The molecule has 0 fully saturated rings. The minimum Gasteiger partial charge on any atom is -0.306 e. The van der Waals surface area contributed by atoms with Crippen molar-refractivity contribution < 1.29 is 13.2 Å². The highest BCUT2D eigenvalue weighted by atomic mass is 35.5. The number of pyridine rings is 3. The van der Waals surface area contributed by atoms with E-state index in [1.165, 1.54) is 33.6 Å². The molecule has 0 N–H and O–H groups in total.